The van der Waals surface area contributed by atoms with E-state index in [9.17, 15) is 5.26 Å². The summed E-state index contributed by atoms with van der Waals surface area (Å²) in [7, 11) is 0. The number of ether oxygens (including phenoxy) is 1. The molecule has 4 aromatic carbocycles. The van der Waals surface area contributed by atoms with Crippen LogP contribution in [-0.2, 0) is 0 Å². The Morgan fingerprint density at radius 2 is 1.25 bits per heavy atom. The summed E-state index contributed by atoms with van der Waals surface area (Å²) in [5.74, 6) is 1.62. The molecule has 0 fully saturated rings. The van der Waals surface area contributed by atoms with E-state index in [0.717, 1.165) is 39.7 Å². The number of nitriles is 1. The molecule has 0 amide bonds. The van der Waals surface area contributed by atoms with Gasteiger partial charge in [-0.1, -0.05) is 54.6 Å². The molecule has 0 aromatic heterocycles. The first-order valence-corrected chi connectivity index (χ1v) is 9.11. The van der Waals surface area contributed by atoms with Gasteiger partial charge >= 0.3 is 0 Å². The highest BCUT2D eigenvalue weighted by Crippen LogP contribution is 2.52. The van der Waals surface area contributed by atoms with Crippen molar-refractivity contribution in [3.8, 4) is 28.7 Å². The van der Waals surface area contributed by atoms with Gasteiger partial charge in [0.25, 0.3) is 0 Å². The molecule has 1 aliphatic heterocycles. The van der Waals surface area contributed by atoms with Gasteiger partial charge in [-0.25, -0.2) is 0 Å². The maximum Gasteiger partial charge on any atom is 0.151 e. The maximum atomic E-state index is 9.44. The molecule has 28 heavy (non-hydrogen) atoms. The molecule has 5 rings (SSSR count). The molecule has 0 atom stereocenters. The molecule has 0 N–H and O–H groups in total. The molecule has 0 saturated heterocycles. The Hall–Kier alpha value is -4.03. The first-order chi connectivity index (χ1) is 13.8. The van der Waals surface area contributed by atoms with Gasteiger partial charge in [0.15, 0.2) is 11.5 Å². The molecule has 0 radical (unpaired) electrons. The summed E-state index contributed by atoms with van der Waals surface area (Å²) in [4.78, 5) is 2.21. The molecule has 0 aliphatic carbocycles. The number of nitrogens with zero attached hydrogens (tertiary/aromatic N) is 2. The van der Waals surface area contributed by atoms with E-state index >= 15 is 0 Å². The fourth-order valence-corrected chi connectivity index (χ4v) is 3.61. The van der Waals surface area contributed by atoms with Crippen LogP contribution in [0.5, 0.6) is 11.5 Å². The molecule has 3 heteroatoms. The van der Waals surface area contributed by atoms with Crippen LogP contribution in [0.15, 0.2) is 97.1 Å². The van der Waals surface area contributed by atoms with E-state index in [2.05, 4.69) is 35.2 Å². The van der Waals surface area contributed by atoms with Gasteiger partial charge in [0, 0.05) is 5.56 Å². The molecule has 0 spiro atoms. The standard InChI is InChI=1S/C25H16N2O/c26-17-18-14-15-21(20(16-18)19-8-2-1-3-9-19)27-22-10-4-6-12-24(22)28-25-13-7-5-11-23(25)27/h1-16H. The average Bonchev–Trinajstić information content (AvgIpc) is 2.77. The summed E-state index contributed by atoms with van der Waals surface area (Å²) in [5, 5.41) is 9.44. The predicted molar refractivity (Wildman–Crippen MR) is 111 cm³/mol. The first-order valence-electron chi connectivity index (χ1n) is 9.11. The van der Waals surface area contributed by atoms with Crippen LogP contribution in [0.25, 0.3) is 11.1 Å². The van der Waals surface area contributed by atoms with Crippen molar-refractivity contribution in [2.24, 2.45) is 0 Å². The van der Waals surface area contributed by atoms with Crippen LogP contribution < -0.4 is 9.64 Å². The molecule has 0 unspecified atom stereocenters. The number of para-hydroxylation sites is 4. The summed E-state index contributed by atoms with van der Waals surface area (Å²) >= 11 is 0. The lowest BCUT2D eigenvalue weighted by Gasteiger charge is -2.34. The highest BCUT2D eigenvalue weighted by atomic mass is 16.5. The number of fused-ring (bicyclic) bond motifs is 2. The molecular formula is C25H16N2O. The average molecular weight is 360 g/mol. The molecular weight excluding hydrogens is 344 g/mol. The minimum atomic E-state index is 0.637. The normalized spacial score (nSPS) is 11.8. The van der Waals surface area contributed by atoms with Gasteiger partial charge in [0.1, 0.15) is 0 Å². The molecule has 0 saturated carbocycles. The van der Waals surface area contributed by atoms with E-state index in [1.165, 1.54) is 0 Å². The molecule has 132 valence electrons. The van der Waals surface area contributed by atoms with Crippen LogP contribution in [0.4, 0.5) is 17.1 Å². The Kier molecular flexibility index (Phi) is 3.81. The van der Waals surface area contributed by atoms with Gasteiger partial charge in [-0.15, -0.1) is 0 Å². The van der Waals surface area contributed by atoms with E-state index in [4.69, 9.17) is 4.74 Å². The van der Waals surface area contributed by atoms with E-state index in [1.807, 2.05) is 72.8 Å². The van der Waals surface area contributed by atoms with E-state index < -0.39 is 0 Å². The van der Waals surface area contributed by atoms with Crippen LogP contribution in [0, 0.1) is 11.3 Å². The topological polar surface area (TPSA) is 36.3 Å². The smallest absolute Gasteiger partial charge is 0.151 e. The summed E-state index contributed by atoms with van der Waals surface area (Å²) in [6.07, 6.45) is 0. The largest absolute Gasteiger partial charge is 0.453 e. The van der Waals surface area contributed by atoms with Gasteiger partial charge in [-0.3, -0.25) is 0 Å². The second kappa shape index (κ2) is 6.61. The van der Waals surface area contributed by atoms with E-state index in [0.29, 0.717) is 5.56 Å². The van der Waals surface area contributed by atoms with Crippen molar-refractivity contribution < 1.29 is 4.74 Å². The lowest BCUT2D eigenvalue weighted by atomic mass is 9.99. The Balaban J connectivity index is 1.80. The third-order valence-electron chi connectivity index (χ3n) is 4.88. The van der Waals surface area contributed by atoms with Crippen molar-refractivity contribution in [2.75, 3.05) is 4.90 Å². The van der Waals surface area contributed by atoms with Crippen LogP contribution in [-0.4, -0.2) is 0 Å². The second-order valence-electron chi connectivity index (χ2n) is 6.58. The minimum Gasteiger partial charge on any atom is -0.453 e. The molecule has 1 heterocycles. The first kappa shape index (κ1) is 16.2. The third kappa shape index (κ3) is 2.60. The van der Waals surface area contributed by atoms with Crippen molar-refractivity contribution in [3.05, 3.63) is 103 Å². The van der Waals surface area contributed by atoms with E-state index in [-0.39, 0.29) is 0 Å². The van der Waals surface area contributed by atoms with Gasteiger partial charge in [-0.2, -0.15) is 5.26 Å². The Labute approximate surface area is 163 Å². The SMILES string of the molecule is N#Cc1ccc(N2c3ccccc3Oc3ccccc32)c(-c2ccccc2)c1. The molecule has 4 aromatic rings. The summed E-state index contributed by atoms with van der Waals surface area (Å²) in [5.41, 5.74) is 5.67. The van der Waals surface area contributed by atoms with Gasteiger partial charge in [-0.05, 0) is 48.0 Å². The highest BCUT2D eigenvalue weighted by molar-refractivity contribution is 5.93. The zero-order valence-corrected chi connectivity index (χ0v) is 15.0. The summed E-state index contributed by atoms with van der Waals surface area (Å²) in [6, 6.07) is 34.3. The van der Waals surface area contributed by atoms with Gasteiger partial charge < -0.3 is 9.64 Å². The Morgan fingerprint density at radius 3 is 1.89 bits per heavy atom. The van der Waals surface area contributed by atoms with Crippen molar-refractivity contribution >= 4 is 17.1 Å². The molecule has 1 aliphatic rings. The number of rotatable bonds is 2. The molecule has 3 nitrogen and oxygen atoms in total. The van der Waals surface area contributed by atoms with Crippen LogP contribution in [0.1, 0.15) is 5.56 Å². The van der Waals surface area contributed by atoms with Gasteiger partial charge in [0.05, 0.1) is 28.7 Å². The predicted octanol–water partition coefficient (Wildman–Crippen LogP) is 6.80. The number of hydrogen-bond donors (Lipinski definition) is 0. The summed E-state index contributed by atoms with van der Waals surface area (Å²) < 4.78 is 6.13. The number of benzene rings is 4. The van der Waals surface area contributed by atoms with Crippen LogP contribution in [0.2, 0.25) is 0 Å². The van der Waals surface area contributed by atoms with Gasteiger partial charge in [0.2, 0.25) is 0 Å². The highest BCUT2D eigenvalue weighted by Gasteiger charge is 2.27. The van der Waals surface area contributed by atoms with Crippen molar-refractivity contribution in [1.29, 1.82) is 5.26 Å². The fraction of sp³-hybridized carbons (Fsp3) is 0. The maximum absolute atomic E-state index is 9.44. The Morgan fingerprint density at radius 1 is 0.643 bits per heavy atom. The Bertz CT molecular complexity index is 1160. The quantitative estimate of drug-likeness (QED) is 0.347. The summed E-state index contributed by atoms with van der Waals surface area (Å²) in [6.45, 7) is 0. The van der Waals surface area contributed by atoms with Crippen LogP contribution in [0.3, 0.4) is 0 Å². The minimum absolute atomic E-state index is 0.637. The fourth-order valence-electron chi connectivity index (χ4n) is 3.61. The monoisotopic (exact) mass is 360 g/mol. The van der Waals surface area contributed by atoms with Crippen molar-refractivity contribution in [3.63, 3.8) is 0 Å². The zero-order chi connectivity index (χ0) is 18.9. The van der Waals surface area contributed by atoms with Crippen LogP contribution >= 0.6 is 0 Å². The number of anilines is 3. The molecule has 0 bridgehead atoms. The van der Waals surface area contributed by atoms with Crippen molar-refractivity contribution in [1.82, 2.24) is 0 Å². The second-order valence-corrected chi connectivity index (χ2v) is 6.58. The van der Waals surface area contributed by atoms with Crippen molar-refractivity contribution in [2.45, 2.75) is 0 Å². The number of hydrogen-bond acceptors (Lipinski definition) is 3. The third-order valence-corrected chi connectivity index (χ3v) is 4.88. The van der Waals surface area contributed by atoms with E-state index in [1.54, 1.807) is 0 Å². The lowest BCUT2D eigenvalue weighted by Crippen LogP contribution is -2.16. The lowest BCUT2D eigenvalue weighted by molar-refractivity contribution is 0.477. The zero-order valence-electron chi connectivity index (χ0n) is 15.0.